The van der Waals surface area contributed by atoms with Gasteiger partial charge in [0.25, 0.3) is 0 Å². The maximum atomic E-state index is 11.9. The fourth-order valence-electron chi connectivity index (χ4n) is 2.86. The lowest BCUT2D eigenvalue weighted by atomic mass is 10.1. The van der Waals surface area contributed by atoms with Crippen molar-refractivity contribution in [2.75, 3.05) is 43.0 Å². The minimum absolute atomic E-state index is 0.0423. The molecule has 0 atom stereocenters. The second kappa shape index (κ2) is 12.4. The van der Waals surface area contributed by atoms with Crippen LogP contribution in [0.2, 0.25) is 0 Å². The minimum Gasteiger partial charge on any atom is -0.356 e. The van der Waals surface area contributed by atoms with E-state index in [1.54, 1.807) is 0 Å². The zero-order valence-electron chi connectivity index (χ0n) is 15.1. The Balaban J connectivity index is 1.46. The summed E-state index contributed by atoms with van der Waals surface area (Å²) in [6.45, 7) is 4.22. The Morgan fingerprint density at radius 3 is 2.54 bits per heavy atom. The Bertz CT molecular complexity index is 562. The molecule has 1 aromatic rings. The van der Waals surface area contributed by atoms with Gasteiger partial charge in [0.05, 0.1) is 5.75 Å². The molecule has 0 aliphatic carbocycles. The van der Waals surface area contributed by atoms with E-state index in [1.807, 2.05) is 24.3 Å². The van der Waals surface area contributed by atoms with E-state index in [4.69, 9.17) is 0 Å². The van der Waals surface area contributed by atoms with Gasteiger partial charge in [0.1, 0.15) is 0 Å². The van der Waals surface area contributed by atoms with Crippen LogP contribution in [0.15, 0.2) is 28.7 Å². The first-order chi connectivity index (χ1) is 12.6. The van der Waals surface area contributed by atoms with Crippen molar-refractivity contribution >= 4 is 45.2 Å². The van der Waals surface area contributed by atoms with E-state index in [-0.39, 0.29) is 11.8 Å². The van der Waals surface area contributed by atoms with Crippen LogP contribution in [0.5, 0.6) is 0 Å². The monoisotopic (exact) mass is 441 g/mol. The van der Waals surface area contributed by atoms with Gasteiger partial charge in [-0.3, -0.25) is 9.59 Å². The van der Waals surface area contributed by atoms with E-state index in [0.717, 1.165) is 29.7 Å². The molecule has 26 heavy (non-hydrogen) atoms. The molecule has 2 N–H and O–H groups in total. The second-order valence-electron chi connectivity index (χ2n) is 6.46. The molecule has 1 fully saturated rings. The lowest BCUT2D eigenvalue weighted by Crippen LogP contribution is -2.33. The first kappa shape index (κ1) is 21.3. The molecular formula is C19H28BrN3O2S. The summed E-state index contributed by atoms with van der Waals surface area (Å²) in [7, 11) is 0. The summed E-state index contributed by atoms with van der Waals surface area (Å²) in [6, 6.07) is 7.48. The third-order valence-corrected chi connectivity index (χ3v) is 5.74. The number of rotatable bonds is 10. The van der Waals surface area contributed by atoms with Crippen LogP contribution in [-0.4, -0.2) is 54.4 Å². The number of nitrogens with zero attached hydrogens (tertiary/aromatic N) is 1. The molecule has 0 bridgehead atoms. The third kappa shape index (κ3) is 9.05. The molecule has 0 aromatic heterocycles. The average molecular weight is 442 g/mol. The maximum Gasteiger partial charge on any atom is 0.234 e. The quantitative estimate of drug-likeness (QED) is 0.545. The van der Waals surface area contributed by atoms with Crippen LogP contribution in [0.4, 0.5) is 5.69 Å². The fourth-order valence-corrected chi connectivity index (χ4v) is 3.86. The SMILES string of the molecule is O=C(CCSCC(=O)Nc1ccc(Br)cc1)NCCCN1CCCCC1. The van der Waals surface area contributed by atoms with E-state index in [1.165, 1.54) is 44.1 Å². The Labute approximate surface area is 168 Å². The van der Waals surface area contributed by atoms with E-state index in [0.29, 0.717) is 17.9 Å². The summed E-state index contributed by atoms with van der Waals surface area (Å²) in [4.78, 5) is 26.2. The van der Waals surface area contributed by atoms with Crippen LogP contribution >= 0.6 is 27.7 Å². The third-order valence-electron chi connectivity index (χ3n) is 4.26. The normalized spacial score (nSPS) is 14.8. The van der Waals surface area contributed by atoms with E-state index < -0.39 is 0 Å². The standard InChI is InChI=1S/C19H28BrN3O2S/c20-16-5-7-17(8-6-16)22-19(25)15-26-14-9-18(24)21-10-4-13-23-11-2-1-3-12-23/h5-8H,1-4,9-15H2,(H,21,24)(H,22,25). The number of hydrogen-bond donors (Lipinski definition) is 2. The molecule has 1 aliphatic rings. The van der Waals surface area contributed by atoms with Crippen LogP contribution in [-0.2, 0) is 9.59 Å². The molecule has 1 aliphatic heterocycles. The number of nitrogens with one attached hydrogen (secondary N) is 2. The van der Waals surface area contributed by atoms with Gasteiger partial charge < -0.3 is 15.5 Å². The molecule has 2 amide bonds. The first-order valence-corrected chi connectivity index (χ1v) is 11.2. The van der Waals surface area contributed by atoms with Gasteiger partial charge in [0.15, 0.2) is 0 Å². The number of carbonyl (C=O) groups excluding carboxylic acids is 2. The largest absolute Gasteiger partial charge is 0.356 e. The zero-order chi connectivity index (χ0) is 18.6. The molecule has 1 aromatic carbocycles. The smallest absolute Gasteiger partial charge is 0.234 e. The number of amides is 2. The molecule has 2 rings (SSSR count). The summed E-state index contributed by atoms with van der Waals surface area (Å²) in [5.41, 5.74) is 0.783. The molecule has 0 radical (unpaired) electrons. The zero-order valence-corrected chi connectivity index (χ0v) is 17.5. The van der Waals surface area contributed by atoms with Crippen molar-refractivity contribution in [1.29, 1.82) is 0 Å². The van der Waals surface area contributed by atoms with Crippen LogP contribution in [0.1, 0.15) is 32.1 Å². The van der Waals surface area contributed by atoms with Crippen LogP contribution in [0.25, 0.3) is 0 Å². The van der Waals surface area contributed by atoms with Gasteiger partial charge in [0, 0.05) is 28.9 Å². The molecule has 144 valence electrons. The number of piperidine rings is 1. The van der Waals surface area contributed by atoms with Gasteiger partial charge >= 0.3 is 0 Å². The van der Waals surface area contributed by atoms with E-state index >= 15 is 0 Å². The number of anilines is 1. The predicted octanol–water partition coefficient (Wildman–Crippen LogP) is 3.50. The van der Waals surface area contributed by atoms with Crippen LogP contribution in [0, 0.1) is 0 Å². The topological polar surface area (TPSA) is 61.4 Å². The van der Waals surface area contributed by atoms with Crippen molar-refractivity contribution in [1.82, 2.24) is 10.2 Å². The summed E-state index contributed by atoms with van der Waals surface area (Å²) in [5, 5.41) is 5.82. The second-order valence-corrected chi connectivity index (χ2v) is 8.48. The number of likely N-dealkylation sites (tertiary alicyclic amines) is 1. The highest BCUT2D eigenvalue weighted by atomic mass is 79.9. The fraction of sp³-hybridized carbons (Fsp3) is 0.579. The van der Waals surface area contributed by atoms with Crippen LogP contribution in [0.3, 0.4) is 0 Å². The summed E-state index contributed by atoms with van der Waals surface area (Å²) in [6.07, 6.45) is 5.43. The van der Waals surface area contributed by atoms with Crippen molar-refractivity contribution < 1.29 is 9.59 Å². The molecule has 7 heteroatoms. The minimum atomic E-state index is -0.0423. The Morgan fingerprint density at radius 2 is 1.81 bits per heavy atom. The van der Waals surface area contributed by atoms with Crippen molar-refractivity contribution in [2.24, 2.45) is 0 Å². The van der Waals surface area contributed by atoms with Crippen molar-refractivity contribution in [3.63, 3.8) is 0 Å². The van der Waals surface area contributed by atoms with Gasteiger partial charge in [-0.25, -0.2) is 0 Å². The Kier molecular flexibility index (Phi) is 10.1. The lowest BCUT2D eigenvalue weighted by molar-refractivity contribution is -0.120. The molecule has 0 saturated carbocycles. The van der Waals surface area contributed by atoms with Gasteiger partial charge in [0.2, 0.25) is 11.8 Å². The van der Waals surface area contributed by atoms with Crippen molar-refractivity contribution in [2.45, 2.75) is 32.1 Å². The molecule has 1 saturated heterocycles. The summed E-state index contributed by atoms with van der Waals surface area (Å²) >= 11 is 4.85. The van der Waals surface area contributed by atoms with Crippen molar-refractivity contribution in [3.8, 4) is 0 Å². The number of carbonyl (C=O) groups is 2. The number of thioether (sulfide) groups is 1. The summed E-state index contributed by atoms with van der Waals surface area (Å²) in [5.74, 6) is 1.05. The predicted molar refractivity (Wildman–Crippen MR) is 113 cm³/mol. The van der Waals surface area contributed by atoms with Gasteiger partial charge in [-0.2, -0.15) is 11.8 Å². The van der Waals surface area contributed by atoms with Gasteiger partial charge in [-0.1, -0.05) is 22.4 Å². The van der Waals surface area contributed by atoms with Crippen molar-refractivity contribution in [3.05, 3.63) is 28.7 Å². The van der Waals surface area contributed by atoms with E-state index in [9.17, 15) is 9.59 Å². The highest BCUT2D eigenvalue weighted by Crippen LogP contribution is 2.14. The molecular weight excluding hydrogens is 414 g/mol. The average Bonchev–Trinajstić information content (AvgIpc) is 2.65. The Hall–Kier alpha value is -1.05. The summed E-state index contributed by atoms with van der Waals surface area (Å²) < 4.78 is 0.979. The molecule has 0 unspecified atom stereocenters. The number of halogens is 1. The first-order valence-electron chi connectivity index (χ1n) is 9.26. The van der Waals surface area contributed by atoms with E-state index in [2.05, 4.69) is 31.5 Å². The van der Waals surface area contributed by atoms with Gasteiger partial charge in [-0.15, -0.1) is 0 Å². The highest BCUT2D eigenvalue weighted by molar-refractivity contribution is 9.10. The highest BCUT2D eigenvalue weighted by Gasteiger charge is 2.09. The number of hydrogen-bond acceptors (Lipinski definition) is 4. The van der Waals surface area contributed by atoms with Gasteiger partial charge in [-0.05, 0) is 63.2 Å². The maximum absolute atomic E-state index is 11.9. The number of benzene rings is 1. The molecule has 5 nitrogen and oxygen atoms in total. The molecule has 1 heterocycles. The molecule has 0 spiro atoms. The lowest BCUT2D eigenvalue weighted by Gasteiger charge is -2.26. The Morgan fingerprint density at radius 1 is 1.08 bits per heavy atom. The van der Waals surface area contributed by atoms with Crippen LogP contribution < -0.4 is 10.6 Å².